The van der Waals surface area contributed by atoms with Crippen LogP contribution in [0, 0.1) is 6.92 Å². The zero-order valence-corrected chi connectivity index (χ0v) is 21.3. The molecule has 0 bridgehead atoms. The van der Waals surface area contributed by atoms with Crippen LogP contribution >= 0.6 is 22.9 Å². The standard InChI is InChI=1S/C22H19ClF3N7O4S/c1-10-9-38-18(37-21(36)27-2)16(10)31-17-13(23)6-28-20(32-17)29-12-4-3-11-7-33(19(35)22(24,25)26)8-15(34)30-14(11)5-12/h3-6,9H,7-8H2,1-2H3,(H,27,36)(H,30,34)(H2,28,29,31,32). The lowest BCUT2D eigenvalue weighted by Gasteiger charge is -2.20. The second-order valence-corrected chi connectivity index (χ2v) is 9.19. The summed E-state index contributed by atoms with van der Waals surface area (Å²) >= 11 is 7.46. The monoisotopic (exact) mass is 569 g/mol. The van der Waals surface area contributed by atoms with Crippen molar-refractivity contribution in [2.75, 3.05) is 29.5 Å². The van der Waals surface area contributed by atoms with Crippen LogP contribution < -0.4 is 26.0 Å². The van der Waals surface area contributed by atoms with Crippen LogP contribution in [0.3, 0.4) is 0 Å². The first-order valence-electron chi connectivity index (χ1n) is 10.8. The zero-order valence-electron chi connectivity index (χ0n) is 19.7. The first-order valence-corrected chi connectivity index (χ1v) is 12.0. The minimum atomic E-state index is -5.10. The van der Waals surface area contributed by atoms with E-state index in [0.717, 1.165) is 5.56 Å². The second-order valence-electron chi connectivity index (χ2n) is 7.94. The molecule has 3 heterocycles. The number of rotatable bonds is 5. The van der Waals surface area contributed by atoms with E-state index in [1.165, 1.54) is 42.8 Å². The summed E-state index contributed by atoms with van der Waals surface area (Å²) in [6.45, 7) is 0.661. The molecule has 1 aliphatic heterocycles. The molecule has 0 saturated carbocycles. The summed E-state index contributed by atoms with van der Waals surface area (Å²) in [7, 11) is 1.43. The quantitative estimate of drug-likeness (QED) is 0.351. The van der Waals surface area contributed by atoms with E-state index in [4.69, 9.17) is 16.3 Å². The zero-order chi connectivity index (χ0) is 27.6. The number of hydrogen-bond acceptors (Lipinski definition) is 9. The van der Waals surface area contributed by atoms with Gasteiger partial charge in [-0.15, -0.1) is 11.3 Å². The maximum Gasteiger partial charge on any atom is 0.471 e. The maximum atomic E-state index is 12.9. The van der Waals surface area contributed by atoms with Crippen LogP contribution in [0.4, 0.5) is 46.8 Å². The molecule has 4 N–H and O–H groups in total. The molecule has 3 amide bonds. The SMILES string of the molecule is CNC(=O)Oc1scc(C)c1Nc1nc(Nc2ccc3c(c2)NC(=O)CN(C(=O)C(F)(F)F)C3)ncc1Cl. The minimum absolute atomic E-state index is 0.104. The van der Waals surface area contributed by atoms with Crippen molar-refractivity contribution in [2.24, 2.45) is 0 Å². The Morgan fingerprint density at radius 2 is 2.00 bits per heavy atom. The number of thiophene rings is 1. The van der Waals surface area contributed by atoms with Gasteiger partial charge in [-0.2, -0.15) is 18.2 Å². The highest BCUT2D eigenvalue weighted by Crippen LogP contribution is 2.39. The molecule has 3 aromatic rings. The topological polar surface area (TPSA) is 138 Å². The molecule has 2 aromatic heterocycles. The average molecular weight is 570 g/mol. The Morgan fingerprint density at radius 3 is 2.71 bits per heavy atom. The molecule has 11 nitrogen and oxygen atoms in total. The van der Waals surface area contributed by atoms with E-state index in [2.05, 4.69) is 31.2 Å². The molecule has 0 fully saturated rings. The summed E-state index contributed by atoms with van der Waals surface area (Å²) in [5, 5.41) is 13.1. The predicted octanol–water partition coefficient (Wildman–Crippen LogP) is 4.55. The first-order chi connectivity index (χ1) is 17.9. The number of alkyl halides is 3. The van der Waals surface area contributed by atoms with Crippen molar-refractivity contribution < 1.29 is 32.3 Å². The van der Waals surface area contributed by atoms with Gasteiger partial charge in [-0.1, -0.05) is 17.7 Å². The van der Waals surface area contributed by atoms with E-state index in [1.807, 2.05) is 0 Å². The molecule has 200 valence electrons. The molecule has 0 unspecified atom stereocenters. The Balaban J connectivity index is 1.55. The molecule has 0 spiro atoms. The van der Waals surface area contributed by atoms with E-state index in [-0.39, 0.29) is 22.5 Å². The van der Waals surface area contributed by atoms with E-state index in [0.29, 0.717) is 26.9 Å². The number of amides is 3. The third kappa shape index (κ3) is 6.06. The molecule has 16 heteroatoms. The highest BCUT2D eigenvalue weighted by molar-refractivity contribution is 7.12. The fourth-order valence-electron chi connectivity index (χ4n) is 3.40. The van der Waals surface area contributed by atoms with Gasteiger partial charge in [0.05, 0.1) is 11.9 Å². The average Bonchev–Trinajstić information content (AvgIpc) is 3.09. The lowest BCUT2D eigenvalue weighted by Crippen LogP contribution is -2.43. The van der Waals surface area contributed by atoms with E-state index >= 15 is 0 Å². The van der Waals surface area contributed by atoms with Crippen molar-refractivity contribution in [3.63, 3.8) is 0 Å². The van der Waals surface area contributed by atoms with Crippen molar-refractivity contribution in [2.45, 2.75) is 19.6 Å². The van der Waals surface area contributed by atoms with E-state index in [1.54, 1.807) is 12.3 Å². The van der Waals surface area contributed by atoms with Crippen LogP contribution in [0.15, 0.2) is 29.8 Å². The van der Waals surface area contributed by atoms with Crippen LogP contribution in [-0.4, -0.2) is 52.5 Å². The largest absolute Gasteiger partial charge is 0.471 e. The van der Waals surface area contributed by atoms with Crippen molar-refractivity contribution >= 4 is 69.7 Å². The van der Waals surface area contributed by atoms with Crippen molar-refractivity contribution in [1.82, 2.24) is 20.2 Å². The minimum Gasteiger partial charge on any atom is -0.397 e. The number of halogens is 4. The smallest absolute Gasteiger partial charge is 0.397 e. The van der Waals surface area contributed by atoms with Gasteiger partial charge in [0.15, 0.2) is 5.82 Å². The van der Waals surface area contributed by atoms with Gasteiger partial charge in [0.25, 0.3) is 0 Å². The first kappa shape index (κ1) is 26.9. The second kappa shape index (κ2) is 10.7. The fraction of sp³-hybridized carbons (Fsp3) is 0.227. The Kier molecular flexibility index (Phi) is 7.59. The number of aromatic nitrogens is 2. The van der Waals surface area contributed by atoms with E-state index in [9.17, 15) is 27.6 Å². The molecule has 4 rings (SSSR count). The molecule has 1 aromatic carbocycles. The molecule has 0 atom stereocenters. The Bertz CT molecular complexity index is 1420. The Labute approximate surface area is 222 Å². The van der Waals surface area contributed by atoms with Gasteiger partial charge in [0.1, 0.15) is 11.6 Å². The maximum absolute atomic E-state index is 12.9. The van der Waals surface area contributed by atoms with Gasteiger partial charge in [0, 0.05) is 25.0 Å². The van der Waals surface area contributed by atoms with Crippen LogP contribution in [0.1, 0.15) is 11.1 Å². The highest BCUT2D eigenvalue weighted by atomic mass is 35.5. The number of fused-ring (bicyclic) bond motifs is 1. The van der Waals surface area contributed by atoms with Gasteiger partial charge in [-0.25, -0.2) is 9.78 Å². The summed E-state index contributed by atoms with van der Waals surface area (Å²) in [6.07, 6.45) is -4.40. The molecular weight excluding hydrogens is 551 g/mol. The van der Waals surface area contributed by atoms with Gasteiger partial charge in [-0.05, 0) is 35.6 Å². The summed E-state index contributed by atoms with van der Waals surface area (Å²) < 4.78 is 43.9. The lowest BCUT2D eigenvalue weighted by atomic mass is 10.1. The number of benzene rings is 1. The molecule has 0 saturated heterocycles. The fourth-order valence-corrected chi connectivity index (χ4v) is 4.39. The summed E-state index contributed by atoms with van der Waals surface area (Å²) in [6, 6.07) is 4.50. The Hall–Kier alpha value is -4.11. The number of hydrogen-bond donors (Lipinski definition) is 4. The highest BCUT2D eigenvalue weighted by Gasteiger charge is 2.43. The van der Waals surface area contributed by atoms with Crippen LogP contribution in [0.2, 0.25) is 5.02 Å². The van der Waals surface area contributed by atoms with Gasteiger partial charge >= 0.3 is 18.2 Å². The van der Waals surface area contributed by atoms with Gasteiger partial charge in [0.2, 0.25) is 16.9 Å². The van der Waals surface area contributed by atoms with Gasteiger partial charge in [-0.3, -0.25) is 9.59 Å². The summed E-state index contributed by atoms with van der Waals surface area (Å²) in [5.41, 5.74) is 2.21. The molecule has 1 aliphatic rings. The normalized spacial score (nSPS) is 13.2. The van der Waals surface area contributed by atoms with Gasteiger partial charge < -0.3 is 30.9 Å². The van der Waals surface area contributed by atoms with Crippen molar-refractivity contribution in [3.8, 4) is 5.06 Å². The molecule has 0 aliphatic carbocycles. The van der Waals surface area contributed by atoms with Crippen molar-refractivity contribution in [1.29, 1.82) is 0 Å². The van der Waals surface area contributed by atoms with Crippen LogP contribution in [0.5, 0.6) is 5.06 Å². The molecule has 0 radical (unpaired) electrons. The number of carbonyl (C=O) groups excluding carboxylic acids is 3. The Morgan fingerprint density at radius 1 is 1.24 bits per heavy atom. The van der Waals surface area contributed by atoms with Crippen molar-refractivity contribution in [3.05, 3.63) is 45.9 Å². The molecular formula is C22H19ClF3N7O4S. The van der Waals surface area contributed by atoms with Crippen LogP contribution in [0.25, 0.3) is 0 Å². The summed E-state index contributed by atoms with van der Waals surface area (Å²) in [4.78, 5) is 44.4. The van der Waals surface area contributed by atoms with E-state index < -0.39 is 37.2 Å². The number of nitrogens with zero attached hydrogens (tertiary/aromatic N) is 3. The molecule has 38 heavy (non-hydrogen) atoms. The third-order valence-corrected chi connectivity index (χ3v) is 6.43. The lowest BCUT2D eigenvalue weighted by molar-refractivity contribution is -0.186. The number of ether oxygens (including phenoxy) is 1. The number of nitrogens with one attached hydrogen (secondary N) is 4. The predicted molar refractivity (Wildman–Crippen MR) is 134 cm³/mol. The third-order valence-electron chi connectivity index (χ3n) is 5.18. The number of aryl methyl sites for hydroxylation is 1. The van der Waals surface area contributed by atoms with Crippen LogP contribution in [-0.2, 0) is 16.1 Å². The number of anilines is 5. The summed E-state index contributed by atoms with van der Waals surface area (Å²) in [5.74, 6) is -2.56. The number of carbonyl (C=O) groups is 3.